The van der Waals surface area contributed by atoms with Crippen LogP contribution in [0.15, 0.2) is 12.2 Å². The van der Waals surface area contributed by atoms with Gasteiger partial charge in [-0.1, -0.05) is 122 Å². The van der Waals surface area contributed by atoms with Crippen molar-refractivity contribution in [3.05, 3.63) is 12.2 Å². The van der Waals surface area contributed by atoms with Gasteiger partial charge in [-0.05, 0) is 38.5 Å². The van der Waals surface area contributed by atoms with Crippen LogP contribution in [0.3, 0.4) is 0 Å². The van der Waals surface area contributed by atoms with E-state index in [4.69, 9.17) is 9.05 Å². The number of nitrogens with zero attached hydrogens (tertiary/aromatic N) is 1. The highest BCUT2D eigenvalue weighted by atomic mass is 31.2. The number of amides is 1. The molecule has 262 valence electrons. The van der Waals surface area contributed by atoms with Crippen LogP contribution in [0.1, 0.15) is 155 Å². The van der Waals surface area contributed by atoms with Crippen LogP contribution < -0.4 is 10.2 Å². The Hall–Kier alpha value is -0.760. The Balaban J connectivity index is 4.49. The third kappa shape index (κ3) is 29.9. The summed E-state index contributed by atoms with van der Waals surface area (Å²) in [6.07, 6.45) is 27.9. The molecule has 2 N–H and O–H groups in total. The first-order valence-corrected chi connectivity index (χ1v) is 19.5. The molecule has 8 nitrogen and oxygen atoms in total. The van der Waals surface area contributed by atoms with Crippen LogP contribution in [-0.4, -0.2) is 68.5 Å². The summed E-state index contributed by atoms with van der Waals surface area (Å²) in [6.45, 7) is 4.63. The predicted molar refractivity (Wildman–Crippen MR) is 182 cm³/mol. The van der Waals surface area contributed by atoms with Gasteiger partial charge in [-0.3, -0.25) is 9.36 Å². The van der Waals surface area contributed by atoms with Crippen molar-refractivity contribution in [2.24, 2.45) is 0 Å². The number of hydrogen-bond donors (Lipinski definition) is 2. The number of nitrogens with one attached hydrogen (secondary N) is 1. The number of allylic oxidation sites excluding steroid dienone is 2. The van der Waals surface area contributed by atoms with Crippen molar-refractivity contribution in [3.8, 4) is 0 Å². The van der Waals surface area contributed by atoms with Crippen molar-refractivity contribution in [2.45, 2.75) is 167 Å². The van der Waals surface area contributed by atoms with Crippen molar-refractivity contribution in [1.29, 1.82) is 0 Å². The van der Waals surface area contributed by atoms with E-state index in [0.29, 0.717) is 23.9 Å². The monoisotopic (exact) mass is 647 g/mol. The first-order valence-electron chi connectivity index (χ1n) is 18.0. The molecule has 0 aliphatic carbocycles. The third-order valence-corrected chi connectivity index (χ3v) is 8.97. The largest absolute Gasteiger partial charge is 0.756 e. The molecule has 0 rings (SSSR count). The zero-order chi connectivity index (χ0) is 32.9. The number of carbonyl (C=O) groups is 1. The Morgan fingerprint density at radius 2 is 1.25 bits per heavy atom. The van der Waals surface area contributed by atoms with Gasteiger partial charge < -0.3 is 28.8 Å². The smallest absolute Gasteiger partial charge is 0.268 e. The lowest BCUT2D eigenvalue weighted by molar-refractivity contribution is -0.870. The number of unbranched alkanes of at least 4 members (excludes halogenated alkanes) is 17. The van der Waals surface area contributed by atoms with Gasteiger partial charge in [0.2, 0.25) is 5.91 Å². The highest BCUT2D eigenvalue weighted by Crippen LogP contribution is 2.38. The second-order valence-electron chi connectivity index (χ2n) is 13.6. The Kier molecular flexibility index (Phi) is 28.0. The predicted octanol–water partition coefficient (Wildman–Crippen LogP) is 8.22. The molecular formula is C35H71N2O6P. The average Bonchev–Trinajstić information content (AvgIpc) is 2.95. The van der Waals surface area contributed by atoms with E-state index in [-0.39, 0.29) is 19.1 Å². The van der Waals surface area contributed by atoms with Crippen LogP contribution in [0.25, 0.3) is 0 Å². The second-order valence-corrected chi connectivity index (χ2v) is 15.0. The summed E-state index contributed by atoms with van der Waals surface area (Å²) in [7, 11) is 1.29. The van der Waals surface area contributed by atoms with Gasteiger partial charge in [0.25, 0.3) is 7.82 Å². The molecule has 0 aliphatic heterocycles. The molecule has 0 bridgehead atoms. The van der Waals surface area contributed by atoms with E-state index in [2.05, 4.69) is 31.3 Å². The Morgan fingerprint density at radius 3 is 1.77 bits per heavy atom. The minimum atomic E-state index is -4.55. The molecule has 0 radical (unpaired) electrons. The van der Waals surface area contributed by atoms with Crippen molar-refractivity contribution >= 4 is 13.7 Å². The summed E-state index contributed by atoms with van der Waals surface area (Å²) in [6, 6.07) is -0.807. The number of phosphoric ester groups is 1. The minimum absolute atomic E-state index is 0.00880. The molecule has 0 fully saturated rings. The minimum Gasteiger partial charge on any atom is -0.756 e. The number of phosphoric acid groups is 1. The van der Waals surface area contributed by atoms with E-state index >= 15 is 0 Å². The van der Waals surface area contributed by atoms with Gasteiger partial charge in [-0.15, -0.1) is 0 Å². The quantitative estimate of drug-likeness (QED) is 0.0330. The normalized spacial score (nSPS) is 15.0. The molecule has 1 amide bonds. The van der Waals surface area contributed by atoms with E-state index in [9.17, 15) is 19.4 Å². The summed E-state index contributed by atoms with van der Waals surface area (Å²) >= 11 is 0. The van der Waals surface area contributed by atoms with E-state index in [1.54, 1.807) is 0 Å². The molecule has 3 atom stereocenters. The van der Waals surface area contributed by atoms with Crippen LogP contribution in [0.4, 0.5) is 0 Å². The topological polar surface area (TPSA) is 108 Å². The maximum absolute atomic E-state index is 12.7. The van der Waals surface area contributed by atoms with Gasteiger partial charge in [-0.2, -0.15) is 0 Å². The molecule has 1 unspecified atom stereocenters. The van der Waals surface area contributed by atoms with Crippen LogP contribution in [0.2, 0.25) is 0 Å². The number of aliphatic hydroxyl groups excluding tert-OH is 1. The number of carbonyl (C=O) groups excluding carboxylic acids is 1. The van der Waals surface area contributed by atoms with Crippen LogP contribution in [0, 0.1) is 0 Å². The number of rotatable bonds is 32. The third-order valence-electron chi connectivity index (χ3n) is 8.00. The zero-order valence-corrected chi connectivity index (χ0v) is 30.3. The molecule has 0 saturated heterocycles. The lowest BCUT2D eigenvalue weighted by Crippen LogP contribution is -2.46. The molecule has 9 heteroatoms. The fourth-order valence-corrected chi connectivity index (χ4v) is 5.75. The van der Waals surface area contributed by atoms with E-state index in [1.807, 2.05) is 21.1 Å². The van der Waals surface area contributed by atoms with E-state index in [0.717, 1.165) is 44.9 Å². The van der Waals surface area contributed by atoms with Crippen molar-refractivity contribution in [2.75, 3.05) is 40.9 Å². The van der Waals surface area contributed by atoms with Gasteiger partial charge in [0.15, 0.2) is 0 Å². The molecule has 0 heterocycles. The summed E-state index contributed by atoms with van der Waals surface area (Å²) < 4.78 is 23.0. The van der Waals surface area contributed by atoms with Crippen LogP contribution in [-0.2, 0) is 18.4 Å². The average molecular weight is 647 g/mol. The Labute approximate surface area is 272 Å². The lowest BCUT2D eigenvalue weighted by Gasteiger charge is -2.30. The Bertz CT molecular complexity index is 743. The lowest BCUT2D eigenvalue weighted by atomic mass is 10.0. The zero-order valence-electron chi connectivity index (χ0n) is 29.4. The molecule has 44 heavy (non-hydrogen) atoms. The standard InChI is InChI=1S/C35H71N2O6P/c1-6-8-10-12-14-16-17-18-19-21-23-25-27-29-35(39)36-33(32-43-44(40,41)42-31-30-37(3,4)5)34(38)28-26-24-22-20-15-13-11-9-7-2/h15,20,33-34,38H,6-14,16-19,21-32H2,1-5H3,(H-,36,39,40,41)/b20-15+/t33-,34+/m0/s1. The number of quaternary nitrogens is 1. The van der Waals surface area contributed by atoms with Crippen molar-refractivity contribution in [1.82, 2.24) is 5.32 Å². The van der Waals surface area contributed by atoms with E-state index in [1.165, 1.54) is 83.5 Å². The highest BCUT2D eigenvalue weighted by molar-refractivity contribution is 7.45. The first kappa shape index (κ1) is 43.2. The fraction of sp³-hybridized carbons (Fsp3) is 0.914. The molecule has 0 spiro atoms. The van der Waals surface area contributed by atoms with Crippen LogP contribution in [0.5, 0.6) is 0 Å². The summed E-state index contributed by atoms with van der Waals surface area (Å²) in [5.74, 6) is -0.178. The molecule has 0 aromatic carbocycles. The maximum atomic E-state index is 12.7. The molecular weight excluding hydrogens is 575 g/mol. The van der Waals surface area contributed by atoms with Gasteiger partial charge in [0.05, 0.1) is 39.9 Å². The van der Waals surface area contributed by atoms with Gasteiger partial charge in [0, 0.05) is 6.42 Å². The number of hydrogen-bond acceptors (Lipinski definition) is 6. The SMILES string of the molecule is CCCCC/C=C/CCCC[C@@H](O)[C@H](COP(=O)([O-])OCC[N+](C)(C)C)NC(=O)CCCCCCCCCCCCCCC. The number of likely N-dealkylation sites (N-methyl/N-ethyl adjacent to an activating group) is 1. The summed E-state index contributed by atoms with van der Waals surface area (Å²) in [5, 5.41) is 13.7. The van der Waals surface area contributed by atoms with Gasteiger partial charge in [-0.25, -0.2) is 0 Å². The van der Waals surface area contributed by atoms with Crippen molar-refractivity contribution in [3.63, 3.8) is 0 Å². The Morgan fingerprint density at radius 1 is 0.773 bits per heavy atom. The van der Waals surface area contributed by atoms with Gasteiger partial charge >= 0.3 is 0 Å². The fourth-order valence-electron chi connectivity index (χ4n) is 5.03. The summed E-state index contributed by atoms with van der Waals surface area (Å²) in [5.41, 5.74) is 0. The summed E-state index contributed by atoms with van der Waals surface area (Å²) in [4.78, 5) is 25.1. The van der Waals surface area contributed by atoms with Crippen molar-refractivity contribution < 1.29 is 32.9 Å². The molecule has 0 aromatic heterocycles. The molecule has 0 aliphatic rings. The maximum Gasteiger partial charge on any atom is 0.268 e. The highest BCUT2D eigenvalue weighted by Gasteiger charge is 2.24. The molecule has 0 saturated carbocycles. The van der Waals surface area contributed by atoms with Gasteiger partial charge in [0.1, 0.15) is 13.2 Å². The van der Waals surface area contributed by atoms with Crippen LogP contribution >= 0.6 is 7.82 Å². The number of aliphatic hydroxyl groups is 1. The first-order chi connectivity index (χ1) is 21.0. The van der Waals surface area contributed by atoms with E-state index < -0.39 is 20.0 Å². The molecule has 0 aromatic rings. The second kappa shape index (κ2) is 28.5.